The average Bonchev–Trinajstić information content (AvgIpc) is 2.85. The van der Waals surface area contributed by atoms with Crippen LogP contribution in [0.15, 0.2) is 18.2 Å². The van der Waals surface area contributed by atoms with Gasteiger partial charge in [-0.25, -0.2) is 4.39 Å². The van der Waals surface area contributed by atoms with E-state index in [1.54, 1.807) is 18.2 Å². The average molecular weight is 237 g/mol. The predicted octanol–water partition coefficient (Wildman–Crippen LogP) is 1.56. The molecule has 1 heterocycles. The van der Waals surface area contributed by atoms with Crippen LogP contribution < -0.4 is 10.1 Å². The van der Waals surface area contributed by atoms with E-state index in [0.29, 0.717) is 12.1 Å². The van der Waals surface area contributed by atoms with Crippen molar-refractivity contribution < 1.29 is 13.9 Å². The van der Waals surface area contributed by atoms with E-state index >= 15 is 0 Å². The van der Waals surface area contributed by atoms with E-state index in [9.17, 15) is 9.18 Å². The molecular weight excluding hydrogens is 221 g/mol. The fourth-order valence-corrected chi connectivity index (χ4v) is 2.11. The Balaban J connectivity index is 2.10. The van der Waals surface area contributed by atoms with E-state index in [1.807, 2.05) is 0 Å². The van der Waals surface area contributed by atoms with Crippen LogP contribution in [0.4, 0.5) is 4.39 Å². The van der Waals surface area contributed by atoms with E-state index in [1.165, 1.54) is 7.11 Å². The van der Waals surface area contributed by atoms with Crippen LogP contribution in [0, 0.1) is 11.7 Å². The molecule has 1 aromatic carbocycles. The second-order valence-corrected chi connectivity index (χ2v) is 4.27. The zero-order valence-corrected chi connectivity index (χ0v) is 9.83. The van der Waals surface area contributed by atoms with Crippen LogP contribution in [-0.4, -0.2) is 26.0 Å². The van der Waals surface area contributed by atoms with Gasteiger partial charge in [-0.1, -0.05) is 12.1 Å². The first-order valence-electron chi connectivity index (χ1n) is 5.77. The van der Waals surface area contributed by atoms with Crippen LogP contribution in [0.25, 0.3) is 0 Å². The van der Waals surface area contributed by atoms with Gasteiger partial charge in [-0.3, -0.25) is 4.79 Å². The largest absolute Gasteiger partial charge is 0.494 e. The summed E-state index contributed by atoms with van der Waals surface area (Å²) in [6.07, 6.45) is 1.000. The number of carbonyl (C=O) groups is 1. The Labute approximate surface area is 100.0 Å². The third-order valence-electron chi connectivity index (χ3n) is 3.14. The molecule has 0 bridgehead atoms. The van der Waals surface area contributed by atoms with Gasteiger partial charge in [0.15, 0.2) is 11.6 Å². The molecule has 0 radical (unpaired) electrons. The number of methoxy groups -OCH3 is 1. The standard InChI is InChI=1S/C13H16FNO2/c1-17-12-4-2-3-9(13(12)14)7-11(16)10-5-6-15-8-10/h2-4,10,15H,5-8H2,1H3. The molecule has 92 valence electrons. The van der Waals surface area contributed by atoms with Gasteiger partial charge in [-0.05, 0) is 24.6 Å². The van der Waals surface area contributed by atoms with Crippen LogP contribution in [0.3, 0.4) is 0 Å². The second-order valence-electron chi connectivity index (χ2n) is 4.27. The lowest BCUT2D eigenvalue weighted by molar-refractivity contribution is -0.121. The molecule has 0 saturated carbocycles. The van der Waals surface area contributed by atoms with Crippen LogP contribution >= 0.6 is 0 Å². The number of nitrogens with one attached hydrogen (secondary N) is 1. The molecule has 3 nitrogen and oxygen atoms in total. The molecular formula is C13H16FNO2. The highest BCUT2D eigenvalue weighted by atomic mass is 19.1. The van der Waals surface area contributed by atoms with Crippen molar-refractivity contribution in [2.75, 3.05) is 20.2 Å². The minimum atomic E-state index is -0.422. The smallest absolute Gasteiger partial charge is 0.168 e. The lowest BCUT2D eigenvalue weighted by Crippen LogP contribution is -2.20. The maximum atomic E-state index is 13.8. The number of carbonyl (C=O) groups excluding carboxylic acids is 1. The van der Waals surface area contributed by atoms with Gasteiger partial charge in [0.05, 0.1) is 7.11 Å². The van der Waals surface area contributed by atoms with Crippen molar-refractivity contribution >= 4 is 5.78 Å². The molecule has 1 aliphatic rings. The molecule has 1 saturated heterocycles. The summed E-state index contributed by atoms with van der Waals surface area (Å²) in [5.41, 5.74) is 0.418. The molecule has 1 aliphatic heterocycles. The molecule has 2 rings (SSSR count). The molecule has 1 atom stereocenters. The maximum absolute atomic E-state index is 13.8. The van der Waals surface area contributed by atoms with Gasteiger partial charge < -0.3 is 10.1 Å². The third kappa shape index (κ3) is 2.64. The summed E-state index contributed by atoms with van der Waals surface area (Å²) in [5, 5.41) is 3.14. The molecule has 1 aromatic rings. The minimum Gasteiger partial charge on any atom is -0.494 e. The van der Waals surface area contributed by atoms with Crippen LogP contribution in [-0.2, 0) is 11.2 Å². The third-order valence-corrected chi connectivity index (χ3v) is 3.14. The van der Waals surface area contributed by atoms with Crippen molar-refractivity contribution in [2.24, 2.45) is 5.92 Å². The Hall–Kier alpha value is -1.42. The number of Topliss-reactive ketones (excluding diaryl/α,β-unsaturated/α-hetero) is 1. The molecule has 4 heteroatoms. The molecule has 0 aromatic heterocycles. The van der Waals surface area contributed by atoms with Crippen LogP contribution in [0.1, 0.15) is 12.0 Å². The molecule has 0 amide bonds. The van der Waals surface area contributed by atoms with Gasteiger partial charge in [0.1, 0.15) is 5.78 Å². The Bertz CT molecular complexity index is 414. The number of ketones is 1. The van der Waals surface area contributed by atoms with E-state index < -0.39 is 5.82 Å². The quantitative estimate of drug-likeness (QED) is 0.863. The zero-order valence-electron chi connectivity index (χ0n) is 9.83. The maximum Gasteiger partial charge on any atom is 0.168 e. The number of halogens is 1. The molecule has 1 fully saturated rings. The SMILES string of the molecule is COc1cccc(CC(=O)C2CCNC2)c1F. The summed E-state index contributed by atoms with van der Waals surface area (Å²) in [6.45, 7) is 1.58. The zero-order chi connectivity index (χ0) is 12.3. The summed E-state index contributed by atoms with van der Waals surface area (Å²) >= 11 is 0. The van der Waals surface area contributed by atoms with Gasteiger partial charge in [0.25, 0.3) is 0 Å². The second kappa shape index (κ2) is 5.27. The normalized spacial score (nSPS) is 19.3. The van der Waals surface area contributed by atoms with Crippen LogP contribution in [0.5, 0.6) is 5.75 Å². The summed E-state index contributed by atoms with van der Waals surface area (Å²) in [7, 11) is 1.42. The summed E-state index contributed by atoms with van der Waals surface area (Å²) in [4.78, 5) is 11.9. The molecule has 1 unspecified atom stereocenters. The highest BCUT2D eigenvalue weighted by Gasteiger charge is 2.23. The van der Waals surface area contributed by atoms with E-state index in [-0.39, 0.29) is 23.9 Å². The molecule has 0 spiro atoms. The fraction of sp³-hybridized carbons (Fsp3) is 0.462. The monoisotopic (exact) mass is 237 g/mol. The Kier molecular flexibility index (Phi) is 3.74. The number of hydrogen-bond acceptors (Lipinski definition) is 3. The molecule has 1 N–H and O–H groups in total. The summed E-state index contributed by atoms with van der Waals surface area (Å²) < 4.78 is 18.7. The summed E-state index contributed by atoms with van der Waals surface area (Å²) in [5.74, 6) is -0.100. The number of benzene rings is 1. The number of ether oxygens (including phenoxy) is 1. The van der Waals surface area contributed by atoms with E-state index in [2.05, 4.69) is 5.32 Å². The topological polar surface area (TPSA) is 38.3 Å². The van der Waals surface area contributed by atoms with Crippen molar-refractivity contribution in [3.05, 3.63) is 29.6 Å². The van der Waals surface area contributed by atoms with Gasteiger partial charge in [0, 0.05) is 18.9 Å². The highest BCUT2D eigenvalue weighted by molar-refractivity contribution is 5.83. The molecule has 0 aliphatic carbocycles. The first-order valence-corrected chi connectivity index (χ1v) is 5.77. The number of hydrogen-bond donors (Lipinski definition) is 1. The van der Waals surface area contributed by atoms with Crippen molar-refractivity contribution in [1.29, 1.82) is 0 Å². The van der Waals surface area contributed by atoms with E-state index in [4.69, 9.17) is 4.74 Å². The van der Waals surface area contributed by atoms with Gasteiger partial charge in [-0.15, -0.1) is 0 Å². The first-order chi connectivity index (χ1) is 8.22. The van der Waals surface area contributed by atoms with Gasteiger partial charge >= 0.3 is 0 Å². The van der Waals surface area contributed by atoms with Crippen molar-refractivity contribution in [3.63, 3.8) is 0 Å². The number of rotatable bonds is 4. The van der Waals surface area contributed by atoms with Crippen LogP contribution in [0.2, 0.25) is 0 Å². The fourth-order valence-electron chi connectivity index (χ4n) is 2.11. The van der Waals surface area contributed by atoms with Crippen molar-refractivity contribution in [2.45, 2.75) is 12.8 Å². The lowest BCUT2D eigenvalue weighted by atomic mass is 9.97. The Morgan fingerprint density at radius 2 is 2.41 bits per heavy atom. The first kappa shape index (κ1) is 12.0. The predicted molar refractivity (Wildman–Crippen MR) is 62.6 cm³/mol. The van der Waals surface area contributed by atoms with E-state index in [0.717, 1.165) is 13.0 Å². The van der Waals surface area contributed by atoms with Crippen molar-refractivity contribution in [3.8, 4) is 5.75 Å². The summed E-state index contributed by atoms with van der Waals surface area (Å²) in [6, 6.07) is 4.90. The highest BCUT2D eigenvalue weighted by Crippen LogP contribution is 2.22. The lowest BCUT2D eigenvalue weighted by Gasteiger charge is -2.09. The Morgan fingerprint density at radius 1 is 1.59 bits per heavy atom. The molecule has 17 heavy (non-hydrogen) atoms. The van der Waals surface area contributed by atoms with Gasteiger partial charge in [0.2, 0.25) is 0 Å². The minimum absolute atomic E-state index is 0.0283. The van der Waals surface area contributed by atoms with Crippen molar-refractivity contribution in [1.82, 2.24) is 5.32 Å². The Morgan fingerprint density at radius 3 is 3.06 bits per heavy atom. The van der Waals surface area contributed by atoms with Gasteiger partial charge in [-0.2, -0.15) is 0 Å².